The van der Waals surface area contributed by atoms with E-state index >= 15 is 0 Å². The van der Waals surface area contributed by atoms with Crippen LogP contribution in [0.25, 0.3) is 0 Å². The first-order valence-electron chi connectivity index (χ1n) is 5.15. The van der Waals surface area contributed by atoms with E-state index < -0.39 is 0 Å². The minimum absolute atomic E-state index is 0.467. The molecule has 1 aliphatic rings. The number of hydrogen-bond acceptors (Lipinski definition) is 3. The van der Waals surface area contributed by atoms with Crippen LogP contribution in [0.5, 0.6) is 0 Å². The Balaban J connectivity index is 1.82. The third-order valence-corrected chi connectivity index (χ3v) is 2.55. The highest BCUT2D eigenvalue weighted by atomic mass is 16.5. The lowest BCUT2D eigenvalue weighted by Gasteiger charge is -1.99. The Morgan fingerprint density at radius 1 is 1.57 bits per heavy atom. The lowest BCUT2D eigenvalue weighted by Crippen LogP contribution is -1.96. The number of hydrogen-bond donors (Lipinski definition) is 1. The number of rotatable bonds is 5. The predicted molar refractivity (Wildman–Crippen MR) is 53.7 cm³/mol. The van der Waals surface area contributed by atoms with Crippen molar-refractivity contribution >= 4 is 0 Å². The fraction of sp³-hybridized carbons (Fsp3) is 0.636. The van der Waals surface area contributed by atoms with E-state index in [2.05, 4.69) is 0 Å². The van der Waals surface area contributed by atoms with Gasteiger partial charge in [0.25, 0.3) is 0 Å². The number of furan rings is 1. The molecule has 3 heteroatoms. The third-order valence-electron chi connectivity index (χ3n) is 2.55. The highest BCUT2D eigenvalue weighted by molar-refractivity contribution is 5.19. The monoisotopic (exact) mass is 195 g/mol. The van der Waals surface area contributed by atoms with Crippen molar-refractivity contribution in [2.45, 2.75) is 32.9 Å². The molecule has 1 aromatic rings. The van der Waals surface area contributed by atoms with E-state index in [1.54, 1.807) is 0 Å². The van der Waals surface area contributed by atoms with E-state index in [4.69, 9.17) is 14.9 Å². The molecule has 0 radical (unpaired) electrons. The maximum absolute atomic E-state index is 5.52. The van der Waals surface area contributed by atoms with Gasteiger partial charge in [-0.3, -0.25) is 0 Å². The molecule has 3 nitrogen and oxygen atoms in total. The van der Waals surface area contributed by atoms with Crippen LogP contribution < -0.4 is 5.73 Å². The van der Waals surface area contributed by atoms with Crippen molar-refractivity contribution in [2.24, 2.45) is 11.7 Å². The number of ether oxygens (including phenoxy) is 1. The average molecular weight is 195 g/mol. The van der Waals surface area contributed by atoms with E-state index in [1.807, 2.05) is 13.0 Å². The summed E-state index contributed by atoms with van der Waals surface area (Å²) in [7, 11) is 0. The van der Waals surface area contributed by atoms with Crippen LogP contribution in [0, 0.1) is 12.8 Å². The molecule has 0 aromatic carbocycles. The summed E-state index contributed by atoms with van der Waals surface area (Å²) in [5, 5.41) is 0. The molecule has 14 heavy (non-hydrogen) atoms. The van der Waals surface area contributed by atoms with Crippen molar-refractivity contribution in [2.75, 3.05) is 6.61 Å². The van der Waals surface area contributed by atoms with Crippen molar-refractivity contribution in [3.05, 3.63) is 23.2 Å². The van der Waals surface area contributed by atoms with Crippen LogP contribution in [0.4, 0.5) is 0 Å². The molecular formula is C11H17NO2. The van der Waals surface area contributed by atoms with Crippen molar-refractivity contribution in [3.8, 4) is 0 Å². The van der Waals surface area contributed by atoms with Crippen LogP contribution in [-0.2, 0) is 17.9 Å². The predicted octanol–water partition coefficient (Wildman–Crippen LogP) is 1.97. The Morgan fingerprint density at radius 2 is 2.36 bits per heavy atom. The Bertz CT molecular complexity index is 302. The minimum atomic E-state index is 0.467. The lowest BCUT2D eigenvalue weighted by atomic mass is 10.3. The average Bonchev–Trinajstić information content (AvgIpc) is 2.91. The molecule has 0 bridgehead atoms. The molecule has 0 saturated heterocycles. The van der Waals surface area contributed by atoms with Crippen molar-refractivity contribution in [1.29, 1.82) is 0 Å². The van der Waals surface area contributed by atoms with Crippen LogP contribution >= 0.6 is 0 Å². The van der Waals surface area contributed by atoms with E-state index in [0.717, 1.165) is 29.6 Å². The summed E-state index contributed by atoms with van der Waals surface area (Å²) in [6.07, 6.45) is 2.65. The molecular weight excluding hydrogens is 178 g/mol. The zero-order valence-corrected chi connectivity index (χ0v) is 8.58. The molecule has 1 heterocycles. The van der Waals surface area contributed by atoms with Crippen LogP contribution in [0.2, 0.25) is 0 Å². The molecule has 0 aliphatic heterocycles. The number of aryl methyl sites for hydroxylation is 1. The summed E-state index contributed by atoms with van der Waals surface area (Å²) < 4.78 is 11.0. The van der Waals surface area contributed by atoms with Gasteiger partial charge in [-0.2, -0.15) is 0 Å². The third kappa shape index (κ3) is 2.36. The standard InChI is InChI=1S/C11H17NO2/c1-8-4-10(14-11(8)5-12)7-13-6-9-2-3-9/h4,9H,2-3,5-7,12H2,1H3. The van der Waals surface area contributed by atoms with Gasteiger partial charge in [-0.25, -0.2) is 0 Å². The maximum Gasteiger partial charge on any atom is 0.130 e. The second-order valence-corrected chi connectivity index (χ2v) is 3.98. The molecule has 2 N–H and O–H groups in total. The van der Waals surface area contributed by atoms with Crippen molar-refractivity contribution in [3.63, 3.8) is 0 Å². The summed E-state index contributed by atoms with van der Waals surface area (Å²) in [5.74, 6) is 2.57. The normalized spacial score (nSPS) is 16.1. The quantitative estimate of drug-likeness (QED) is 0.781. The molecule has 0 amide bonds. The van der Waals surface area contributed by atoms with Crippen molar-refractivity contribution in [1.82, 2.24) is 0 Å². The van der Waals surface area contributed by atoms with Crippen molar-refractivity contribution < 1.29 is 9.15 Å². The minimum Gasteiger partial charge on any atom is -0.462 e. The van der Waals surface area contributed by atoms with Crippen LogP contribution in [-0.4, -0.2) is 6.61 Å². The maximum atomic E-state index is 5.52. The van der Waals surface area contributed by atoms with Gasteiger partial charge in [0.1, 0.15) is 18.1 Å². The zero-order valence-electron chi connectivity index (χ0n) is 8.58. The largest absolute Gasteiger partial charge is 0.462 e. The summed E-state index contributed by atoms with van der Waals surface area (Å²) in [4.78, 5) is 0. The SMILES string of the molecule is Cc1cc(COCC2CC2)oc1CN. The summed E-state index contributed by atoms with van der Waals surface area (Å²) in [5.41, 5.74) is 6.64. The first-order valence-corrected chi connectivity index (χ1v) is 5.15. The van der Waals surface area contributed by atoms with Gasteiger partial charge in [0.2, 0.25) is 0 Å². The first kappa shape index (κ1) is 9.74. The molecule has 1 aromatic heterocycles. The second-order valence-electron chi connectivity index (χ2n) is 3.98. The topological polar surface area (TPSA) is 48.4 Å². The highest BCUT2D eigenvalue weighted by Crippen LogP contribution is 2.29. The molecule has 2 rings (SSSR count). The molecule has 1 aliphatic carbocycles. The fourth-order valence-electron chi connectivity index (χ4n) is 1.47. The van der Waals surface area contributed by atoms with Gasteiger partial charge in [0.15, 0.2) is 0 Å². The Hall–Kier alpha value is -0.800. The molecule has 0 unspecified atom stereocenters. The summed E-state index contributed by atoms with van der Waals surface area (Å²) >= 11 is 0. The summed E-state index contributed by atoms with van der Waals surface area (Å²) in [6, 6.07) is 2.01. The van der Waals surface area contributed by atoms with Crippen LogP contribution in [0.1, 0.15) is 29.9 Å². The van der Waals surface area contributed by atoms with E-state index in [0.29, 0.717) is 13.2 Å². The van der Waals surface area contributed by atoms with Gasteiger partial charge >= 0.3 is 0 Å². The summed E-state index contributed by atoms with van der Waals surface area (Å²) in [6.45, 7) is 3.93. The van der Waals surface area contributed by atoms with Gasteiger partial charge in [-0.1, -0.05) is 0 Å². The van der Waals surface area contributed by atoms with Gasteiger partial charge < -0.3 is 14.9 Å². The lowest BCUT2D eigenvalue weighted by molar-refractivity contribution is 0.0964. The molecule has 0 spiro atoms. The molecule has 1 saturated carbocycles. The van der Waals surface area contributed by atoms with E-state index in [-0.39, 0.29) is 0 Å². The van der Waals surface area contributed by atoms with Gasteiger partial charge in [0, 0.05) is 6.61 Å². The zero-order chi connectivity index (χ0) is 9.97. The molecule has 0 atom stereocenters. The van der Waals surface area contributed by atoms with Gasteiger partial charge in [0.05, 0.1) is 6.54 Å². The van der Waals surface area contributed by atoms with E-state index in [9.17, 15) is 0 Å². The number of nitrogens with two attached hydrogens (primary N) is 1. The van der Waals surface area contributed by atoms with Gasteiger partial charge in [-0.05, 0) is 37.3 Å². The van der Waals surface area contributed by atoms with Crippen LogP contribution in [0.15, 0.2) is 10.5 Å². The van der Waals surface area contributed by atoms with E-state index in [1.165, 1.54) is 12.8 Å². The first-order chi connectivity index (χ1) is 6.79. The Morgan fingerprint density at radius 3 is 2.93 bits per heavy atom. The smallest absolute Gasteiger partial charge is 0.130 e. The van der Waals surface area contributed by atoms with Crippen LogP contribution in [0.3, 0.4) is 0 Å². The molecule has 1 fully saturated rings. The van der Waals surface area contributed by atoms with Gasteiger partial charge in [-0.15, -0.1) is 0 Å². The Labute approximate surface area is 84.2 Å². The highest BCUT2D eigenvalue weighted by Gasteiger charge is 2.21. The molecule has 78 valence electrons. The second kappa shape index (κ2) is 4.15. The fourth-order valence-corrected chi connectivity index (χ4v) is 1.47. The Kier molecular flexibility index (Phi) is 2.89.